The van der Waals surface area contributed by atoms with E-state index >= 15 is 0 Å². The van der Waals surface area contributed by atoms with Crippen LogP contribution in [0.25, 0.3) is 0 Å². The van der Waals surface area contributed by atoms with Crippen molar-refractivity contribution in [3.05, 3.63) is 34.4 Å². The Labute approximate surface area is 94.4 Å². The summed E-state index contributed by atoms with van der Waals surface area (Å²) in [6.07, 6.45) is 5.90. The number of nitrogens with zero attached hydrogens (tertiary/aromatic N) is 1. The van der Waals surface area contributed by atoms with E-state index < -0.39 is 4.92 Å². The van der Waals surface area contributed by atoms with Gasteiger partial charge in [-0.2, -0.15) is 0 Å². The van der Waals surface area contributed by atoms with E-state index in [1.807, 2.05) is 0 Å². The molecule has 1 aromatic carbocycles. The topological polar surface area (TPSA) is 52.4 Å². The molecule has 0 saturated heterocycles. The Morgan fingerprint density at radius 2 is 2.12 bits per heavy atom. The van der Waals surface area contributed by atoms with Gasteiger partial charge < -0.3 is 4.74 Å². The maximum Gasteiger partial charge on any atom is 0.273 e. The quantitative estimate of drug-likeness (QED) is 0.581. The second kappa shape index (κ2) is 4.96. The minimum atomic E-state index is -0.415. The van der Waals surface area contributed by atoms with Crippen molar-refractivity contribution in [2.24, 2.45) is 0 Å². The van der Waals surface area contributed by atoms with Crippen LogP contribution in [0.2, 0.25) is 0 Å². The highest BCUT2D eigenvalue weighted by atomic mass is 16.6. The van der Waals surface area contributed by atoms with E-state index in [0.717, 1.165) is 12.8 Å². The molecule has 16 heavy (non-hydrogen) atoms. The second-order valence-electron chi connectivity index (χ2n) is 4.05. The smallest absolute Gasteiger partial charge is 0.273 e. The van der Waals surface area contributed by atoms with Crippen molar-refractivity contribution >= 4 is 5.69 Å². The molecule has 0 aliphatic heterocycles. The maximum atomic E-state index is 10.6. The molecular formula is C12H14NO3. The van der Waals surface area contributed by atoms with E-state index in [9.17, 15) is 10.1 Å². The third kappa shape index (κ3) is 2.72. The number of non-ortho nitro benzene ring substituents is 1. The minimum Gasteiger partial charge on any atom is -0.490 e. The van der Waals surface area contributed by atoms with Crippen molar-refractivity contribution in [3.63, 3.8) is 0 Å². The van der Waals surface area contributed by atoms with E-state index in [1.54, 1.807) is 0 Å². The first-order valence-corrected chi connectivity index (χ1v) is 5.58. The van der Waals surface area contributed by atoms with Gasteiger partial charge in [-0.3, -0.25) is 10.1 Å². The highest BCUT2D eigenvalue weighted by Gasteiger charge is 2.16. The molecule has 1 fully saturated rings. The summed E-state index contributed by atoms with van der Waals surface area (Å²) in [5.74, 6) is 0.487. The van der Waals surface area contributed by atoms with Crippen LogP contribution in [-0.4, -0.2) is 11.0 Å². The summed E-state index contributed by atoms with van der Waals surface area (Å²) in [6, 6.07) is 7.29. The zero-order chi connectivity index (χ0) is 11.4. The van der Waals surface area contributed by atoms with E-state index in [4.69, 9.17) is 4.74 Å². The van der Waals surface area contributed by atoms with E-state index in [-0.39, 0.29) is 11.8 Å². The fraction of sp³-hybridized carbons (Fsp3) is 0.500. The normalized spacial score (nSPS) is 17.0. The molecule has 0 atom stereocenters. The lowest BCUT2D eigenvalue weighted by molar-refractivity contribution is -0.385. The Balaban J connectivity index is 2.02. The van der Waals surface area contributed by atoms with Crippen molar-refractivity contribution in [1.82, 2.24) is 0 Å². The summed E-state index contributed by atoms with van der Waals surface area (Å²) in [6.45, 7) is 0. The predicted octanol–water partition coefficient (Wildman–Crippen LogP) is 3.11. The average Bonchev–Trinajstić information content (AvgIpc) is 2.30. The molecule has 0 bridgehead atoms. The Morgan fingerprint density at radius 3 is 2.81 bits per heavy atom. The highest BCUT2D eigenvalue weighted by Crippen LogP contribution is 2.25. The molecular weight excluding hydrogens is 206 g/mol. The first kappa shape index (κ1) is 10.9. The lowest BCUT2D eigenvalue weighted by Crippen LogP contribution is -2.19. The molecule has 0 heterocycles. The van der Waals surface area contributed by atoms with Gasteiger partial charge in [-0.15, -0.1) is 0 Å². The Morgan fingerprint density at radius 1 is 1.38 bits per heavy atom. The van der Waals surface area contributed by atoms with E-state index in [0.29, 0.717) is 5.75 Å². The van der Waals surface area contributed by atoms with Gasteiger partial charge in [-0.1, -0.05) is 6.42 Å². The van der Waals surface area contributed by atoms with Gasteiger partial charge in [0.1, 0.15) is 5.75 Å². The van der Waals surface area contributed by atoms with Gasteiger partial charge in [0.2, 0.25) is 0 Å². The van der Waals surface area contributed by atoms with Crippen molar-refractivity contribution in [3.8, 4) is 5.75 Å². The minimum absolute atomic E-state index is 0.0598. The predicted molar refractivity (Wildman–Crippen MR) is 59.4 cm³/mol. The van der Waals surface area contributed by atoms with Gasteiger partial charge in [0, 0.05) is 12.1 Å². The van der Waals surface area contributed by atoms with Gasteiger partial charge in [-0.25, -0.2) is 0 Å². The van der Waals surface area contributed by atoms with Crippen LogP contribution in [0.5, 0.6) is 5.75 Å². The molecule has 1 aliphatic carbocycles. The summed E-state index contributed by atoms with van der Waals surface area (Å²) < 4.78 is 5.69. The monoisotopic (exact) mass is 220 g/mol. The molecule has 4 heteroatoms. The van der Waals surface area contributed by atoms with Gasteiger partial charge >= 0.3 is 0 Å². The molecule has 0 aromatic heterocycles. The number of nitro benzene ring substituents is 1. The SMILES string of the molecule is O=[N+]([O-])c1cc[c]c(OC2CCCCC2)c1. The van der Waals surface area contributed by atoms with Crippen LogP contribution in [0.15, 0.2) is 18.2 Å². The first-order valence-electron chi connectivity index (χ1n) is 5.58. The van der Waals surface area contributed by atoms with Crippen LogP contribution in [0.1, 0.15) is 32.1 Å². The molecule has 1 aliphatic rings. The zero-order valence-corrected chi connectivity index (χ0v) is 9.02. The molecule has 85 valence electrons. The number of benzene rings is 1. The van der Waals surface area contributed by atoms with Crippen LogP contribution in [-0.2, 0) is 0 Å². The number of ether oxygens (including phenoxy) is 1. The van der Waals surface area contributed by atoms with Crippen LogP contribution >= 0.6 is 0 Å². The lowest BCUT2D eigenvalue weighted by atomic mass is 9.98. The van der Waals surface area contributed by atoms with Crippen LogP contribution in [0.3, 0.4) is 0 Å². The Bertz CT molecular complexity index is 372. The number of hydrogen-bond donors (Lipinski definition) is 0. The second-order valence-corrected chi connectivity index (χ2v) is 4.05. The fourth-order valence-corrected chi connectivity index (χ4v) is 1.98. The average molecular weight is 220 g/mol. The third-order valence-electron chi connectivity index (χ3n) is 2.82. The van der Waals surface area contributed by atoms with Crippen molar-refractivity contribution in [2.45, 2.75) is 38.2 Å². The molecule has 2 rings (SSSR count). The summed E-state index contributed by atoms with van der Waals surface area (Å²) in [4.78, 5) is 10.2. The van der Waals surface area contributed by atoms with Crippen molar-refractivity contribution < 1.29 is 9.66 Å². The van der Waals surface area contributed by atoms with Gasteiger partial charge in [0.15, 0.2) is 0 Å². The molecule has 0 N–H and O–H groups in total. The summed E-state index contributed by atoms with van der Waals surface area (Å²) in [5.41, 5.74) is 0.0598. The maximum absolute atomic E-state index is 10.6. The van der Waals surface area contributed by atoms with E-state index in [1.165, 1.54) is 37.5 Å². The zero-order valence-electron chi connectivity index (χ0n) is 9.02. The van der Waals surface area contributed by atoms with Crippen LogP contribution in [0, 0.1) is 16.2 Å². The number of hydrogen-bond acceptors (Lipinski definition) is 3. The number of nitro groups is 1. The lowest BCUT2D eigenvalue weighted by Gasteiger charge is -2.22. The highest BCUT2D eigenvalue weighted by molar-refractivity contribution is 5.37. The molecule has 1 radical (unpaired) electrons. The summed E-state index contributed by atoms with van der Waals surface area (Å²) in [7, 11) is 0. The molecule has 0 spiro atoms. The van der Waals surface area contributed by atoms with Gasteiger partial charge in [0.25, 0.3) is 5.69 Å². The number of rotatable bonds is 3. The Kier molecular flexibility index (Phi) is 3.39. The fourth-order valence-electron chi connectivity index (χ4n) is 1.98. The largest absolute Gasteiger partial charge is 0.490 e. The summed E-state index contributed by atoms with van der Waals surface area (Å²) >= 11 is 0. The van der Waals surface area contributed by atoms with Crippen molar-refractivity contribution in [1.29, 1.82) is 0 Å². The molecule has 0 unspecified atom stereocenters. The molecule has 0 amide bonds. The summed E-state index contributed by atoms with van der Waals surface area (Å²) in [5, 5.41) is 10.6. The van der Waals surface area contributed by atoms with Crippen LogP contribution < -0.4 is 4.74 Å². The van der Waals surface area contributed by atoms with E-state index in [2.05, 4.69) is 6.07 Å². The molecule has 1 saturated carbocycles. The Hall–Kier alpha value is -1.58. The first-order chi connectivity index (χ1) is 7.75. The van der Waals surface area contributed by atoms with Gasteiger partial charge in [-0.05, 0) is 31.7 Å². The molecule has 4 nitrogen and oxygen atoms in total. The van der Waals surface area contributed by atoms with Crippen molar-refractivity contribution in [2.75, 3.05) is 0 Å². The third-order valence-corrected chi connectivity index (χ3v) is 2.82. The van der Waals surface area contributed by atoms with Gasteiger partial charge in [0.05, 0.1) is 17.1 Å². The molecule has 1 aromatic rings. The van der Waals surface area contributed by atoms with Crippen LogP contribution in [0.4, 0.5) is 5.69 Å². The standard InChI is InChI=1S/C12H14NO3/c14-13(15)10-5-4-8-12(9-10)16-11-6-2-1-3-7-11/h4-5,9,11H,1-3,6-7H2.